The van der Waals surface area contributed by atoms with E-state index in [0.29, 0.717) is 78.3 Å². The molecule has 0 saturated carbocycles. The molecular formula is C63H71N3O. The summed E-state index contributed by atoms with van der Waals surface area (Å²) in [6.45, 7) is 8.67. The smallest absolute Gasteiger partial charge is 0.149 e. The predicted molar refractivity (Wildman–Crippen MR) is 286 cm³/mol. The van der Waals surface area contributed by atoms with Gasteiger partial charge in [0.15, 0.2) is 0 Å². The van der Waals surface area contributed by atoms with Crippen molar-refractivity contribution in [2.75, 3.05) is 0 Å². The van der Waals surface area contributed by atoms with E-state index in [1.807, 2.05) is 85.1 Å². The molecule has 0 saturated heterocycles. The van der Waals surface area contributed by atoms with E-state index in [2.05, 4.69) is 46.8 Å². The van der Waals surface area contributed by atoms with E-state index in [9.17, 15) is 12.0 Å². The number of phenolic OH excluding ortho intramolecular Hbond substituents is 1. The number of aromatic nitrogens is 3. The van der Waals surface area contributed by atoms with Crippen LogP contribution in [0.3, 0.4) is 0 Å². The Labute approximate surface area is 420 Å². The number of nitrogens with zero attached hydrogens (tertiary/aromatic N) is 3. The molecule has 6 aromatic carbocycles. The van der Waals surface area contributed by atoms with Gasteiger partial charge in [-0.25, -0.2) is 4.98 Å². The van der Waals surface area contributed by atoms with E-state index in [-0.39, 0.29) is 28.7 Å². The molecule has 8 rings (SSSR count). The molecule has 0 amide bonds. The minimum absolute atomic E-state index is 0.00429. The highest BCUT2D eigenvalue weighted by atomic mass is 16.3. The van der Waals surface area contributed by atoms with Crippen molar-refractivity contribution < 1.29 is 24.3 Å². The van der Waals surface area contributed by atoms with Crippen LogP contribution in [-0.2, 0) is 10.8 Å². The summed E-state index contributed by atoms with van der Waals surface area (Å²) < 4.78 is 122. The van der Waals surface area contributed by atoms with E-state index in [4.69, 9.17) is 22.3 Å². The maximum absolute atomic E-state index is 12.4. The van der Waals surface area contributed by atoms with Gasteiger partial charge in [0.25, 0.3) is 0 Å². The fourth-order valence-corrected chi connectivity index (χ4v) is 9.01. The van der Waals surface area contributed by atoms with Gasteiger partial charge in [0.2, 0.25) is 0 Å². The molecule has 344 valence electrons. The number of para-hydroxylation sites is 1. The standard InChI is InChI=1S/C63H71N3O/c1-37(2)45-34-53(40(7)8)60(67)54(35-45)61-65-59-52(20-17-21-57(59)66(61)56-27-24-44(30-41(56)9)58-50(38(3)4)18-16-19-51(58)39(5)6)46-31-47(33-49(32-46)63(13,14)15)55-36-43(28-29-64-55)42-22-25-48(26-23-42)62(10,11)12/h16-40,67H,1-15H3/i9D3,10D3,11D3,12D3,38D,39D. The van der Waals surface area contributed by atoms with Gasteiger partial charge < -0.3 is 5.11 Å². The molecule has 4 nitrogen and oxygen atoms in total. The van der Waals surface area contributed by atoms with Gasteiger partial charge in [-0.3, -0.25) is 9.55 Å². The molecule has 2 aromatic heterocycles. The van der Waals surface area contributed by atoms with Gasteiger partial charge in [0.1, 0.15) is 11.6 Å². The minimum Gasteiger partial charge on any atom is -0.507 e. The van der Waals surface area contributed by atoms with Crippen molar-refractivity contribution in [1.82, 2.24) is 14.5 Å². The zero-order valence-corrected chi connectivity index (χ0v) is 40.6. The van der Waals surface area contributed by atoms with Crippen molar-refractivity contribution in [3.63, 3.8) is 0 Å². The van der Waals surface area contributed by atoms with Gasteiger partial charge in [0.05, 0.1) is 28.0 Å². The molecule has 0 aliphatic rings. The zero-order valence-electron chi connectivity index (χ0n) is 54.6. The van der Waals surface area contributed by atoms with E-state index in [0.717, 1.165) is 22.3 Å². The summed E-state index contributed by atoms with van der Waals surface area (Å²) in [7, 11) is 0. The van der Waals surface area contributed by atoms with Crippen molar-refractivity contribution >= 4 is 11.0 Å². The molecule has 0 aliphatic heterocycles. The largest absolute Gasteiger partial charge is 0.507 e. The highest BCUT2D eigenvalue weighted by Crippen LogP contribution is 2.45. The SMILES string of the molecule is [2H]C([2H])([2H])c1cc(-c2c(C([2H])(C)C)cccc2C([2H])(C)C)ccc1-n1c(-c2cc(C(C)C)cc(C(C)C)c2O)nc2c(-c3cc(-c4cc(-c5ccc(C(C([2H])([2H])[2H])(C([2H])([2H])[2H])C([2H])([2H])[2H])cc5)ccn4)cc(C(C)(C)C)c3)cccc21. The normalized spacial score (nSPS) is 16.6. The van der Waals surface area contributed by atoms with Crippen LogP contribution >= 0.6 is 0 Å². The first-order valence-corrected chi connectivity index (χ1v) is 23.1. The van der Waals surface area contributed by atoms with E-state index >= 15 is 0 Å². The Hall–Kier alpha value is -6.26. The lowest BCUT2D eigenvalue weighted by Crippen LogP contribution is -2.11. The molecular weight excluding hydrogens is 815 g/mol. The Balaban J connectivity index is 1.39. The third-order valence-electron chi connectivity index (χ3n) is 12.9. The lowest BCUT2D eigenvalue weighted by Gasteiger charge is -2.22. The molecule has 0 radical (unpaired) electrons. The Morgan fingerprint density at radius 3 is 1.88 bits per heavy atom. The molecule has 0 spiro atoms. The van der Waals surface area contributed by atoms with Crippen molar-refractivity contribution in [3.05, 3.63) is 166 Å². The van der Waals surface area contributed by atoms with Crippen LogP contribution in [-0.4, -0.2) is 19.6 Å². The Morgan fingerprint density at radius 2 is 1.25 bits per heavy atom. The summed E-state index contributed by atoms with van der Waals surface area (Å²) in [5, 5.41) is 12.4. The number of aryl methyl sites for hydroxylation is 1. The number of phenols is 1. The van der Waals surface area contributed by atoms with Gasteiger partial charge in [-0.2, -0.15) is 0 Å². The number of hydrogen-bond acceptors (Lipinski definition) is 3. The van der Waals surface area contributed by atoms with Gasteiger partial charge >= 0.3 is 0 Å². The van der Waals surface area contributed by atoms with Crippen LogP contribution in [0.1, 0.15) is 178 Å². The topological polar surface area (TPSA) is 50.9 Å². The van der Waals surface area contributed by atoms with Gasteiger partial charge in [-0.15, -0.1) is 0 Å². The van der Waals surface area contributed by atoms with E-state index in [1.54, 1.807) is 52.1 Å². The number of fused-ring (bicyclic) bond motifs is 1. The van der Waals surface area contributed by atoms with Gasteiger partial charge in [0, 0.05) is 36.5 Å². The van der Waals surface area contributed by atoms with Crippen molar-refractivity contribution in [3.8, 4) is 67.5 Å². The summed E-state index contributed by atoms with van der Waals surface area (Å²) in [6, 6.07) is 35.8. The first-order chi connectivity index (χ1) is 37.2. The first kappa shape index (κ1) is 32.4. The van der Waals surface area contributed by atoms with E-state index in [1.165, 1.54) is 24.3 Å². The zero-order chi connectivity index (χ0) is 60.1. The third kappa shape index (κ3) is 9.25. The molecule has 2 heterocycles. The molecule has 0 unspecified atom stereocenters. The maximum atomic E-state index is 12.4. The number of rotatable bonds is 10. The summed E-state index contributed by atoms with van der Waals surface area (Å²) in [5.74, 6) is -1.89. The van der Waals surface area contributed by atoms with Crippen molar-refractivity contribution in [1.29, 1.82) is 0 Å². The molecule has 0 fully saturated rings. The lowest BCUT2D eigenvalue weighted by molar-refractivity contribution is 0.466. The quantitative estimate of drug-likeness (QED) is 0.149. The molecule has 8 aromatic rings. The molecule has 4 heteroatoms. The fraction of sp³-hybridized carbons (Fsp3) is 0.333. The van der Waals surface area contributed by atoms with Crippen LogP contribution in [0.5, 0.6) is 5.75 Å². The predicted octanol–water partition coefficient (Wildman–Crippen LogP) is 17.9. The number of benzene rings is 6. The first-order valence-electron chi connectivity index (χ1n) is 30.1. The average Bonchev–Trinajstić information content (AvgIpc) is 3.83. The van der Waals surface area contributed by atoms with E-state index < -0.39 is 50.0 Å². The maximum Gasteiger partial charge on any atom is 0.149 e. The van der Waals surface area contributed by atoms with Gasteiger partial charge in [-0.1, -0.05) is 170 Å². The number of aromatic hydroxyl groups is 1. The Bertz CT molecular complexity index is 3600. The minimum atomic E-state index is -3.40. The Morgan fingerprint density at radius 1 is 0.582 bits per heavy atom. The second-order valence-electron chi connectivity index (χ2n) is 20.0. The fourth-order valence-electron chi connectivity index (χ4n) is 9.01. The molecule has 0 aliphatic carbocycles. The number of pyridine rings is 1. The molecule has 67 heavy (non-hydrogen) atoms. The number of hydrogen-bond donors (Lipinski definition) is 1. The van der Waals surface area contributed by atoms with Gasteiger partial charge in [-0.05, 0) is 157 Å². The van der Waals surface area contributed by atoms with Crippen molar-refractivity contribution in [2.24, 2.45) is 0 Å². The van der Waals surface area contributed by atoms with Crippen LogP contribution in [0.25, 0.3) is 72.7 Å². The third-order valence-corrected chi connectivity index (χ3v) is 12.9. The highest BCUT2D eigenvalue weighted by Gasteiger charge is 2.26. The molecule has 0 bridgehead atoms. The molecule has 0 atom stereocenters. The molecule has 1 N–H and O–H groups in total. The van der Waals surface area contributed by atoms with Crippen LogP contribution < -0.4 is 0 Å². The highest BCUT2D eigenvalue weighted by molar-refractivity contribution is 5.97. The Kier molecular flexibility index (Phi) is 8.76. The second-order valence-corrected chi connectivity index (χ2v) is 20.0. The summed E-state index contributed by atoms with van der Waals surface area (Å²) in [4.78, 5) is 10.3. The average molecular weight is 900 g/mol. The van der Waals surface area contributed by atoms with Crippen LogP contribution in [0.4, 0.5) is 0 Å². The monoisotopic (exact) mass is 900 g/mol. The second kappa shape index (κ2) is 18.1. The number of imidazole rings is 1. The summed E-state index contributed by atoms with van der Waals surface area (Å²) in [6.07, 6.45) is 1.63. The lowest BCUT2D eigenvalue weighted by atomic mass is 9.83. The van der Waals surface area contributed by atoms with Crippen LogP contribution in [0.2, 0.25) is 0 Å². The summed E-state index contributed by atoms with van der Waals surface area (Å²) >= 11 is 0. The van der Waals surface area contributed by atoms with Crippen LogP contribution in [0, 0.1) is 6.85 Å². The summed E-state index contributed by atoms with van der Waals surface area (Å²) in [5.41, 5.74) is 7.00. The van der Waals surface area contributed by atoms with Crippen LogP contribution in [0.15, 0.2) is 128 Å². The van der Waals surface area contributed by atoms with Crippen molar-refractivity contribution in [2.45, 2.75) is 138 Å².